The minimum atomic E-state index is -0.953. The van der Waals surface area contributed by atoms with E-state index in [4.69, 9.17) is 0 Å². The van der Waals surface area contributed by atoms with Gasteiger partial charge in [0.25, 0.3) is 0 Å². The summed E-state index contributed by atoms with van der Waals surface area (Å²) < 4.78 is 8.88. The number of allylic oxidation sites excluding steroid dienone is 3. The fraction of sp³-hybridized carbons (Fsp3) is 0.538. The summed E-state index contributed by atoms with van der Waals surface area (Å²) in [4.78, 5) is 22.1. The molecule has 0 rings (SSSR count). The van der Waals surface area contributed by atoms with Gasteiger partial charge in [0.2, 0.25) is 0 Å². The summed E-state index contributed by atoms with van der Waals surface area (Å²) in [7, 11) is 0. The molecule has 0 aliphatic carbocycles. The van der Waals surface area contributed by atoms with Gasteiger partial charge in [0, 0.05) is 6.08 Å². The van der Waals surface area contributed by atoms with Crippen molar-refractivity contribution >= 4 is 12.1 Å². The molecule has 0 saturated carbocycles. The second-order valence-electron chi connectivity index (χ2n) is 3.91. The molecule has 0 saturated heterocycles. The molecule has 0 aromatic heterocycles. The Balaban J connectivity index is 4.06. The van der Waals surface area contributed by atoms with Crippen molar-refractivity contribution in [3.05, 3.63) is 23.3 Å². The zero-order valence-corrected chi connectivity index (χ0v) is 10.9. The summed E-state index contributed by atoms with van der Waals surface area (Å²) in [6.45, 7) is 7.70. The molecular formula is C13H20O4. The minimum absolute atomic E-state index is 0.190. The Labute approximate surface area is 102 Å². The lowest BCUT2D eigenvalue weighted by atomic mass is 10.1. The Morgan fingerprint density at radius 2 is 1.82 bits per heavy atom. The van der Waals surface area contributed by atoms with Crippen LogP contribution in [0.25, 0.3) is 0 Å². The predicted octanol–water partition coefficient (Wildman–Crippen LogP) is 3.38. The minimum Gasteiger partial charge on any atom is -0.434 e. The molecule has 0 amide bonds. The molecule has 0 aliphatic rings. The van der Waals surface area contributed by atoms with E-state index in [9.17, 15) is 9.59 Å². The van der Waals surface area contributed by atoms with Gasteiger partial charge in [-0.15, -0.1) is 0 Å². The van der Waals surface area contributed by atoms with Gasteiger partial charge in [0.1, 0.15) is 0 Å². The highest BCUT2D eigenvalue weighted by atomic mass is 16.7. The van der Waals surface area contributed by atoms with E-state index in [1.807, 2.05) is 20.8 Å². The predicted molar refractivity (Wildman–Crippen MR) is 65.5 cm³/mol. The van der Waals surface area contributed by atoms with Crippen molar-refractivity contribution in [2.75, 3.05) is 6.61 Å². The van der Waals surface area contributed by atoms with E-state index in [2.05, 4.69) is 15.5 Å². The Kier molecular flexibility index (Phi) is 7.76. The number of carbonyl (C=O) groups is 2. The number of rotatable bonds is 5. The first-order valence-electron chi connectivity index (χ1n) is 5.64. The van der Waals surface area contributed by atoms with Crippen LogP contribution in [0.1, 0.15) is 40.5 Å². The molecule has 0 aromatic rings. The molecule has 4 heteroatoms. The summed E-state index contributed by atoms with van der Waals surface area (Å²) in [5.41, 5.74) is 2.11. The summed E-state index contributed by atoms with van der Waals surface area (Å²) in [6.07, 6.45) is 4.09. The van der Waals surface area contributed by atoms with Crippen molar-refractivity contribution < 1.29 is 19.1 Å². The van der Waals surface area contributed by atoms with Crippen LogP contribution >= 0.6 is 0 Å². The number of esters is 1. The first-order valence-corrected chi connectivity index (χ1v) is 5.64. The molecule has 0 aromatic carbocycles. The first-order chi connectivity index (χ1) is 7.95. The van der Waals surface area contributed by atoms with Gasteiger partial charge in [-0.05, 0) is 40.5 Å². The van der Waals surface area contributed by atoms with Gasteiger partial charge in [-0.3, -0.25) is 0 Å². The Bertz CT molecular complexity index is 322. The highest BCUT2D eigenvalue weighted by molar-refractivity contribution is 5.90. The Morgan fingerprint density at radius 3 is 2.35 bits per heavy atom. The summed E-state index contributed by atoms with van der Waals surface area (Å²) in [6, 6.07) is 0. The number of ether oxygens (including phenoxy) is 2. The van der Waals surface area contributed by atoms with Crippen LogP contribution in [0.2, 0.25) is 0 Å². The molecule has 0 fully saturated rings. The topological polar surface area (TPSA) is 52.6 Å². The van der Waals surface area contributed by atoms with E-state index in [0.717, 1.165) is 18.4 Å². The smallest absolute Gasteiger partial charge is 0.434 e. The standard InChI is InChI=1S/C13H20O4/c1-5-16-13(15)17-12(14)9-11(4)8-6-7-10(2)3/h7,9H,5-6,8H2,1-4H3/b11-9+. The van der Waals surface area contributed by atoms with Crippen LogP contribution in [0.3, 0.4) is 0 Å². The lowest BCUT2D eigenvalue weighted by Gasteiger charge is -2.01. The van der Waals surface area contributed by atoms with Crippen LogP contribution in [0.15, 0.2) is 23.3 Å². The Hall–Kier alpha value is -1.58. The van der Waals surface area contributed by atoms with Gasteiger partial charge in [0.15, 0.2) is 0 Å². The van der Waals surface area contributed by atoms with E-state index < -0.39 is 12.1 Å². The molecule has 0 bridgehead atoms. The molecule has 0 radical (unpaired) electrons. The fourth-order valence-electron chi connectivity index (χ4n) is 1.12. The van der Waals surface area contributed by atoms with Crippen LogP contribution < -0.4 is 0 Å². The van der Waals surface area contributed by atoms with Crippen molar-refractivity contribution in [1.82, 2.24) is 0 Å². The third-order valence-corrected chi connectivity index (χ3v) is 1.90. The molecule has 0 N–H and O–H groups in total. The van der Waals surface area contributed by atoms with E-state index in [0.29, 0.717) is 0 Å². The van der Waals surface area contributed by atoms with E-state index >= 15 is 0 Å². The summed E-state index contributed by atoms with van der Waals surface area (Å²) in [5, 5.41) is 0. The van der Waals surface area contributed by atoms with Crippen molar-refractivity contribution in [3.8, 4) is 0 Å². The molecular weight excluding hydrogens is 220 g/mol. The summed E-state index contributed by atoms with van der Waals surface area (Å²) in [5.74, 6) is -0.682. The molecule has 0 unspecified atom stereocenters. The maximum Gasteiger partial charge on any atom is 0.516 e. The van der Waals surface area contributed by atoms with Crippen LogP contribution in [0.5, 0.6) is 0 Å². The third kappa shape index (κ3) is 9.35. The van der Waals surface area contributed by atoms with Crippen LogP contribution in [0, 0.1) is 0 Å². The van der Waals surface area contributed by atoms with E-state index in [-0.39, 0.29) is 6.61 Å². The normalized spacial score (nSPS) is 10.7. The number of hydrogen-bond acceptors (Lipinski definition) is 4. The van der Waals surface area contributed by atoms with Crippen LogP contribution in [0.4, 0.5) is 4.79 Å². The zero-order chi connectivity index (χ0) is 13.3. The van der Waals surface area contributed by atoms with Crippen molar-refractivity contribution in [2.24, 2.45) is 0 Å². The average molecular weight is 240 g/mol. The van der Waals surface area contributed by atoms with Gasteiger partial charge < -0.3 is 9.47 Å². The molecule has 96 valence electrons. The summed E-state index contributed by atoms with van der Waals surface area (Å²) >= 11 is 0. The molecule has 0 atom stereocenters. The fourth-order valence-corrected chi connectivity index (χ4v) is 1.12. The molecule has 4 nitrogen and oxygen atoms in total. The van der Waals surface area contributed by atoms with E-state index in [1.54, 1.807) is 6.92 Å². The largest absolute Gasteiger partial charge is 0.516 e. The van der Waals surface area contributed by atoms with Gasteiger partial charge in [-0.1, -0.05) is 17.2 Å². The van der Waals surface area contributed by atoms with Crippen molar-refractivity contribution in [1.29, 1.82) is 0 Å². The van der Waals surface area contributed by atoms with Gasteiger partial charge in [-0.25, -0.2) is 9.59 Å². The second kappa shape index (κ2) is 8.56. The zero-order valence-electron chi connectivity index (χ0n) is 10.9. The molecule has 17 heavy (non-hydrogen) atoms. The lowest BCUT2D eigenvalue weighted by Crippen LogP contribution is -2.12. The third-order valence-electron chi connectivity index (χ3n) is 1.90. The second-order valence-corrected chi connectivity index (χ2v) is 3.91. The highest BCUT2D eigenvalue weighted by Crippen LogP contribution is 2.07. The number of carbonyl (C=O) groups excluding carboxylic acids is 2. The first kappa shape index (κ1) is 15.4. The lowest BCUT2D eigenvalue weighted by molar-refractivity contribution is -0.134. The van der Waals surface area contributed by atoms with Crippen molar-refractivity contribution in [3.63, 3.8) is 0 Å². The van der Waals surface area contributed by atoms with Gasteiger partial charge in [-0.2, -0.15) is 0 Å². The highest BCUT2D eigenvalue weighted by Gasteiger charge is 2.08. The van der Waals surface area contributed by atoms with Crippen LogP contribution in [-0.4, -0.2) is 18.7 Å². The van der Waals surface area contributed by atoms with Crippen molar-refractivity contribution in [2.45, 2.75) is 40.5 Å². The maximum atomic E-state index is 11.2. The number of hydrogen-bond donors (Lipinski definition) is 0. The van der Waals surface area contributed by atoms with Gasteiger partial charge >= 0.3 is 12.1 Å². The monoisotopic (exact) mass is 240 g/mol. The quantitative estimate of drug-likeness (QED) is 0.320. The SMILES string of the molecule is CCOC(=O)OC(=O)/C=C(\C)CCC=C(C)C. The van der Waals surface area contributed by atoms with Crippen LogP contribution in [-0.2, 0) is 14.3 Å². The molecule has 0 heterocycles. The van der Waals surface area contributed by atoms with E-state index in [1.165, 1.54) is 11.6 Å². The van der Waals surface area contributed by atoms with Gasteiger partial charge in [0.05, 0.1) is 6.61 Å². The maximum absolute atomic E-state index is 11.2. The molecule has 0 spiro atoms. The average Bonchev–Trinajstić information content (AvgIpc) is 2.16. The Morgan fingerprint density at radius 1 is 1.18 bits per heavy atom. The molecule has 0 aliphatic heterocycles.